The maximum atomic E-state index is 5.78. The molecular formula is C29H37N3O3. The summed E-state index contributed by atoms with van der Waals surface area (Å²) in [6, 6.07) is 15.3. The zero-order chi connectivity index (χ0) is 24.2. The van der Waals surface area contributed by atoms with E-state index in [2.05, 4.69) is 40.5 Å². The smallest absolute Gasteiger partial charge is 0.204 e. The summed E-state index contributed by atoms with van der Waals surface area (Å²) in [5, 5.41) is 4.73. The van der Waals surface area contributed by atoms with Crippen molar-refractivity contribution in [2.75, 3.05) is 41.0 Å². The first kappa shape index (κ1) is 23.9. The van der Waals surface area contributed by atoms with Gasteiger partial charge in [-0.15, -0.1) is 0 Å². The minimum atomic E-state index is 0.593. The van der Waals surface area contributed by atoms with Gasteiger partial charge < -0.3 is 24.4 Å². The Balaban J connectivity index is 1.47. The summed E-state index contributed by atoms with van der Waals surface area (Å²) in [5.74, 6) is 2.58. The van der Waals surface area contributed by atoms with E-state index in [1.807, 2.05) is 12.1 Å². The molecular weight excluding hydrogens is 438 g/mol. The largest absolute Gasteiger partial charge is 0.493 e. The van der Waals surface area contributed by atoms with Gasteiger partial charge in [-0.25, -0.2) is 4.98 Å². The van der Waals surface area contributed by atoms with Gasteiger partial charge in [0, 0.05) is 29.6 Å². The normalized spacial score (nSPS) is 20.4. The molecule has 6 nitrogen and oxygen atoms in total. The van der Waals surface area contributed by atoms with Gasteiger partial charge in [-0.2, -0.15) is 0 Å². The van der Waals surface area contributed by atoms with Crippen molar-refractivity contribution in [2.24, 2.45) is 5.92 Å². The molecule has 0 radical (unpaired) electrons. The third-order valence-corrected chi connectivity index (χ3v) is 7.70. The zero-order valence-corrected chi connectivity index (χ0v) is 21.2. The van der Waals surface area contributed by atoms with Crippen LogP contribution < -0.4 is 19.5 Å². The molecule has 3 aromatic rings. The Morgan fingerprint density at radius 2 is 1.71 bits per heavy atom. The Kier molecular flexibility index (Phi) is 7.40. The third-order valence-electron chi connectivity index (χ3n) is 7.70. The number of benzene rings is 2. The lowest BCUT2D eigenvalue weighted by molar-refractivity contribution is 0.0593. The molecule has 2 saturated heterocycles. The first-order chi connectivity index (χ1) is 17.2. The van der Waals surface area contributed by atoms with E-state index >= 15 is 0 Å². The average molecular weight is 476 g/mol. The van der Waals surface area contributed by atoms with Crippen LogP contribution in [0.2, 0.25) is 0 Å². The fraction of sp³-hybridized carbons (Fsp3) is 0.483. The number of nitrogens with zero attached hydrogens (tertiary/aromatic N) is 2. The number of nitrogens with one attached hydrogen (secondary N) is 1. The van der Waals surface area contributed by atoms with Crippen LogP contribution in [0, 0.1) is 5.92 Å². The highest BCUT2D eigenvalue weighted by atomic mass is 16.5. The molecule has 0 saturated carbocycles. The van der Waals surface area contributed by atoms with Crippen LogP contribution in [0.25, 0.3) is 22.2 Å². The lowest BCUT2D eigenvalue weighted by Crippen LogP contribution is -2.50. The van der Waals surface area contributed by atoms with Crippen molar-refractivity contribution in [3.8, 4) is 28.5 Å². The fourth-order valence-electron chi connectivity index (χ4n) is 6.02. The number of ether oxygens (including phenoxy) is 3. The molecule has 2 atom stereocenters. The van der Waals surface area contributed by atoms with E-state index in [0.717, 1.165) is 52.8 Å². The van der Waals surface area contributed by atoms with Crippen molar-refractivity contribution in [2.45, 2.75) is 44.7 Å². The monoisotopic (exact) mass is 475 g/mol. The molecule has 1 aromatic heterocycles. The molecule has 0 bridgehead atoms. The molecule has 2 aliphatic rings. The molecule has 0 unspecified atom stereocenters. The van der Waals surface area contributed by atoms with Crippen LogP contribution in [-0.2, 0) is 6.54 Å². The minimum Gasteiger partial charge on any atom is -0.493 e. The number of fused-ring (bicyclic) bond motifs is 2. The van der Waals surface area contributed by atoms with Crippen molar-refractivity contribution >= 4 is 10.9 Å². The molecule has 0 amide bonds. The van der Waals surface area contributed by atoms with Crippen molar-refractivity contribution in [1.82, 2.24) is 15.2 Å². The Labute approximate surface area is 208 Å². The number of aromatic nitrogens is 1. The summed E-state index contributed by atoms with van der Waals surface area (Å²) in [6.45, 7) is 4.35. The Morgan fingerprint density at radius 3 is 2.49 bits per heavy atom. The zero-order valence-electron chi connectivity index (χ0n) is 21.2. The Hall–Kier alpha value is -2.83. The van der Waals surface area contributed by atoms with Gasteiger partial charge >= 0.3 is 0 Å². The summed E-state index contributed by atoms with van der Waals surface area (Å²) in [6.07, 6.45) is 6.71. The van der Waals surface area contributed by atoms with Crippen LogP contribution in [0.1, 0.15) is 37.7 Å². The van der Waals surface area contributed by atoms with Gasteiger partial charge in [0.15, 0.2) is 11.5 Å². The first-order valence-corrected chi connectivity index (χ1v) is 12.9. The number of piperidine rings is 2. The molecule has 1 N–H and O–H groups in total. The van der Waals surface area contributed by atoms with E-state index < -0.39 is 0 Å². The van der Waals surface area contributed by atoms with Crippen molar-refractivity contribution in [1.29, 1.82) is 0 Å². The summed E-state index contributed by atoms with van der Waals surface area (Å²) in [4.78, 5) is 7.84. The van der Waals surface area contributed by atoms with E-state index in [0.29, 0.717) is 17.2 Å². The van der Waals surface area contributed by atoms with Gasteiger partial charge in [-0.3, -0.25) is 0 Å². The highest BCUT2D eigenvalue weighted by Crippen LogP contribution is 2.44. The second-order valence-electron chi connectivity index (χ2n) is 9.71. The SMILES string of the molecule is COc1cc2nc(-c3ccccc3)c(CNC[C@@H]3CCCN4CCCC[C@H]34)cc2c(OC)c1OC. The average Bonchev–Trinajstić information content (AvgIpc) is 2.92. The van der Waals surface area contributed by atoms with Gasteiger partial charge in [0.2, 0.25) is 5.75 Å². The second-order valence-corrected chi connectivity index (χ2v) is 9.71. The van der Waals surface area contributed by atoms with Crippen LogP contribution in [0.15, 0.2) is 42.5 Å². The van der Waals surface area contributed by atoms with Crippen LogP contribution in [0.3, 0.4) is 0 Å². The number of methoxy groups -OCH3 is 3. The van der Waals surface area contributed by atoms with Gasteiger partial charge in [-0.1, -0.05) is 36.8 Å². The molecule has 6 heteroatoms. The molecule has 3 heterocycles. The topological polar surface area (TPSA) is 55.9 Å². The van der Waals surface area contributed by atoms with Crippen LogP contribution in [0.4, 0.5) is 0 Å². The number of pyridine rings is 1. The summed E-state index contributed by atoms with van der Waals surface area (Å²) in [7, 11) is 4.94. The molecule has 0 spiro atoms. The molecule has 186 valence electrons. The first-order valence-electron chi connectivity index (χ1n) is 12.9. The fourth-order valence-corrected chi connectivity index (χ4v) is 6.02. The molecule has 2 fully saturated rings. The maximum Gasteiger partial charge on any atom is 0.204 e. The highest BCUT2D eigenvalue weighted by Gasteiger charge is 2.32. The molecule has 5 rings (SSSR count). The quantitative estimate of drug-likeness (QED) is 0.478. The predicted molar refractivity (Wildman–Crippen MR) is 140 cm³/mol. The summed E-state index contributed by atoms with van der Waals surface area (Å²) >= 11 is 0. The highest BCUT2D eigenvalue weighted by molar-refractivity contribution is 5.93. The number of hydrogen-bond acceptors (Lipinski definition) is 6. The van der Waals surface area contributed by atoms with Gasteiger partial charge in [0.25, 0.3) is 0 Å². The predicted octanol–water partition coefficient (Wildman–Crippen LogP) is 5.28. The summed E-state index contributed by atoms with van der Waals surface area (Å²) in [5.41, 5.74) is 4.08. The van der Waals surface area contributed by atoms with E-state index in [1.54, 1.807) is 21.3 Å². The molecule has 35 heavy (non-hydrogen) atoms. The van der Waals surface area contributed by atoms with Gasteiger partial charge in [-0.05, 0) is 62.9 Å². The number of hydrogen-bond donors (Lipinski definition) is 1. The lowest BCUT2D eigenvalue weighted by Gasteiger charge is -2.44. The van der Waals surface area contributed by atoms with Crippen LogP contribution in [0.5, 0.6) is 17.2 Å². The summed E-state index contributed by atoms with van der Waals surface area (Å²) < 4.78 is 17.0. The van der Waals surface area contributed by atoms with Crippen molar-refractivity contribution in [3.05, 3.63) is 48.0 Å². The Morgan fingerprint density at radius 1 is 0.914 bits per heavy atom. The van der Waals surface area contributed by atoms with Crippen LogP contribution in [-0.4, -0.2) is 56.9 Å². The Bertz CT molecular complexity index is 1150. The van der Waals surface area contributed by atoms with Crippen LogP contribution >= 0.6 is 0 Å². The van der Waals surface area contributed by atoms with Gasteiger partial charge in [0.1, 0.15) is 0 Å². The lowest BCUT2D eigenvalue weighted by atomic mass is 9.83. The molecule has 2 aromatic carbocycles. The third kappa shape index (κ3) is 4.82. The molecule has 0 aliphatic carbocycles. The molecule has 2 aliphatic heterocycles. The van der Waals surface area contributed by atoms with E-state index in [-0.39, 0.29) is 0 Å². The van der Waals surface area contributed by atoms with E-state index in [1.165, 1.54) is 45.2 Å². The number of rotatable bonds is 8. The van der Waals surface area contributed by atoms with E-state index in [9.17, 15) is 0 Å². The standard InChI is InChI=1S/C29H37N3O3/c1-33-26-17-24-23(28(34-2)29(26)35-3)16-22(27(31-24)20-10-5-4-6-11-20)19-30-18-21-12-9-15-32-14-8-7-13-25(21)32/h4-6,10-11,16-17,21,25,30H,7-9,12-15,18-19H2,1-3H3/t21-,25+/m0/s1. The van der Waals surface area contributed by atoms with Gasteiger partial charge in [0.05, 0.1) is 32.5 Å². The van der Waals surface area contributed by atoms with E-state index in [4.69, 9.17) is 19.2 Å². The van der Waals surface area contributed by atoms with Crippen molar-refractivity contribution < 1.29 is 14.2 Å². The second kappa shape index (κ2) is 10.8. The maximum absolute atomic E-state index is 5.78. The van der Waals surface area contributed by atoms with Crippen molar-refractivity contribution in [3.63, 3.8) is 0 Å². The minimum absolute atomic E-state index is 0.593.